The number of carbonyl (C=O) groups is 3. The first-order valence-corrected chi connectivity index (χ1v) is 17.4. The third kappa shape index (κ3) is 7.90. The molecule has 0 radical (unpaired) electrons. The van der Waals surface area contributed by atoms with E-state index in [2.05, 4.69) is 15.2 Å². The molecule has 2 aliphatic heterocycles. The van der Waals surface area contributed by atoms with Gasteiger partial charge in [0.15, 0.2) is 18.0 Å². The lowest BCUT2D eigenvalue weighted by Crippen LogP contribution is -2.50. The number of nitrogens with one attached hydrogen (secondary N) is 1. The molecule has 1 aromatic carbocycles. The predicted octanol–water partition coefficient (Wildman–Crippen LogP) is 2.90. The van der Waals surface area contributed by atoms with E-state index in [1.165, 1.54) is 29.9 Å². The number of ether oxygens (including phenoxy) is 5. The SMILES string of the molecule is CC(C)C(=O)O[C@H]1[C@H](c2ccc3c(N)ncnn23)O[C@](C#N)(CO[P@](=O)(N[C@@H](C)C(=O)OC2COC2)Oc2ccccc2)[C@H]1OC(=O)C(C)C. The summed E-state index contributed by atoms with van der Waals surface area (Å²) in [5.41, 5.74) is 4.46. The number of anilines is 1. The van der Waals surface area contributed by atoms with E-state index in [0.29, 0.717) is 5.52 Å². The van der Waals surface area contributed by atoms with Gasteiger partial charge in [-0.1, -0.05) is 45.9 Å². The van der Waals surface area contributed by atoms with Crippen LogP contribution >= 0.6 is 7.75 Å². The molecule has 3 aromatic rings. The summed E-state index contributed by atoms with van der Waals surface area (Å²) in [4.78, 5) is 43.0. The van der Waals surface area contributed by atoms with Gasteiger partial charge >= 0.3 is 25.7 Å². The summed E-state index contributed by atoms with van der Waals surface area (Å²) in [6.07, 6.45) is -3.58. The number of aromatic nitrogens is 3. The van der Waals surface area contributed by atoms with E-state index in [9.17, 15) is 24.2 Å². The Hall–Kier alpha value is -4.59. The van der Waals surface area contributed by atoms with Gasteiger partial charge in [0, 0.05) is 0 Å². The van der Waals surface area contributed by atoms with Gasteiger partial charge in [-0.3, -0.25) is 18.9 Å². The summed E-state index contributed by atoms with van der Waals surface area (Å²) in [6.45, 7) is 7.37. The van der Waals surface area contributed by atoms with Crippen molar-refractivity contribution in [1.82, 2.24) is 19.7 Å². The maximum absolute atomic E-state index is 14.4. The van der Waals surface area contributed by atoms with Crippen LogP contribution in [0, 0.1) is 23.2 Å². The molecule has 50 heavy (non-hydrogen) atoms. The van der Waals surface area contributed by atoms with Crippen molar-refractivity contribution < 1.29 is 51.7 Å². The fourth-order valence-electron chi connectivity index (χ4n) is 4.99. The smallest absolute Gasteiger partial charge is 0.456 e. The quantitative estimate of drug-likeness (QED) is 0.139. The van der Waals surface area contributed by atoms with Crippen LogP contribution in [0.5, 0.6) is 5.75 Å². The molecular weight excluding hydrogens is 675 g/mol. The molecule has 0 spiro atoms. The van der Waals surface area contributed by atoms with Crippen LogP contribution in [0.1, 0.15) is 46.4 Å². The van der Waals surface area contributed by atoms with Crippen molar-refractivity contribution in [3.8, 4) is 11.8 Å². The van der Waals surface area contributed by atoms with Gasteiger partial charge in [0.05, 0.1) is 30.7 Å². The Morgan fingerprint density at radius 3 is 2.34 bits per heavy atom. The number of hydrogen-bond acceptors (Lipinski definition) is 15. The van der Waals surface area contributed by atoms with Crippen molar-refractivity contribution in [2.45, 2.75) is 70.7 Å². The van der Waals surface area contributed by atoms with Gasteiger partial charge in [0.2, 0.25) is 5.60 Å². The summed E-state index contributed by atoms with van der Waals surface area (Å²) >= 11 is 0. The Balaban J connectivity index is 1.54. The summed E-state index contributed by atoms with van der Waals surface area (Å²) in [5.74, 6) is -3.22. The standard InChI is InChI=1S/C32H39N6O11P/c1-18(2)29(39)46-26-25(23-11-12-24-28(34)35-17-36-38(23)24)48-32(15-33,27(26)47-30(40)19(3)4)16-44-50(42,49-21-9-7-6-8-10-21)37-20(5)31(41)45-22-13-43-14-22/h6-12,17-20,22,25-27H,13-14,16H2,1-5H3,(H,37,42)(H2,34,35,36)/t20-,25-,26-,27-,32+,50+/m0/s1. The van der Waals surface area contributed by atoms with Crippen molar-refractivity contribution in [3.63, 3.8) is 0 Å². The van der Waals surface area contributed by atoms with Gasteiger partial charge in [-0.05, 0) is 31.2 Å². The monoisotopic (exact) mass is 714 g/mol. The number of para-hydroxylation sites is 1. The summed E-state index contributed by atoms with van der Waals surface area (Å²) in [7, 11) is -4.57. The first kappa shape index (κ1) is 36.7. The normalized spacial score (nSPS) is 23.8. The molecule has 4 heterocycles. The lowest BCUT2D eigenvalue weighted by Gasteiger charge is -2.31. The van der Waals surface area contributed by atoms with Crippen molar-refractivity contribution in [3.05, 3.63) is 54.5 Å². The molecular formula is C32H39N6O11P. The molecule has 17 nitrogen and oxygen atoms in total. The highest BCUT2D eigenvalue weighted by Crippen LogP contribution is 2.50. The highest BCUT2D eigenvalue weighted by atomic mass is 31.2. The van der Waals surface area contributed by atoms with Crippen LogP contribution in [0.25, 0.3) is 5.52 Å². The maximum Gasteiger partial charge on any atom is 0.459 e. The highest BCUT2D eigenvalue weighted by Gasteiger charge is 2.62. The van der Waals surface area contributed by atoms with Gasteiger partial charge < -0.3 is 33.9 Å². The van der Waals surface area contributed by atoms with Crippen LogP contribution in [-0.4, -0.2) is 82.3 Å². The van der Waals surface area contributed by atoms with E-state index in [1.807, 2.05) is 6.07 Å². The van der Waals surface area contributed by atoms with Crippen molar-refractivity contribution >= 4 is 37.0 Å². The number of nitrogen functional groups attached to an aromatic ring is 1. The second-order valence-electron chi connectivity index (χ2n) is 12.4. The molecule has 0 saturated carbocycles. The summed E-state index contributed by atoms with van der Waals surface area (Å²) in [6, 6.07) is 12.0. The molecule has 268 valence electrons. The first-order valence-electron chi connectivity index (χ1n) is 15.9. The zero-order valence-electron chi connectivity index (χ0n) is 28.1. The molecule has 5 rings (SSSR count). The summed E-state index contributed by atoms with van der Waals surface area (Å²) < 4.78 is 56.0. The Morgan fingerprint density at radius 2 is 1.72 bits per heavy atom. The molecule has 2 aromatic heterocycles. The van der Waals surface area contributed by atoms with E-state index in [4.69, 9.17) is 38.5 Å². The number of nitrogens with two attached hydrogens (primary N) is 1. The maximum atomic E-state index is 14.4. The van der Waals surface area contributed by atoms with Crippen LogP contribution < -0.4 is 15.3 Å². The fraction of sp³-hybridized carbons (Fsp3) is 0.500. The number of nitriles is 1. The molecule has 0 aliphatic carbocycles. The van der Waals surface area contributed by atoms with Crippen LogP contribution in [0.3, 0.4) is 0 Å². The van der Waals surface area contributed by atoms with Gasteiger partial charge in [-0.25, -0.2) is 14.1 Å². The summed E-state index contributed by atoms with van der Waals surface area (Å²) in [5, 5.41) is 17.6. The van der Waals surface area contributed by atoms with Gasteiger partial charge in [0.25, 0.3) is 0 Å². The highest BCUT2D eigenvalue weighted by molar-refractivity contribution is 7.52. The second-order valence-corrected chi connectivity index (χ2v) is 14.1. The van der Waals surface area contributed by atoms with Crippen LogP contribution in [0.15, 0.2) is 48.8 Å². The van der Waals surface area contributed by atoms with Crippen LogP contribution in [0.4, 0.5) is 5.82 Å². The fourth-order valence-corrected chi connectivity index (χ4v) is 6.51. The minimum absolute atomic E-state index is 0.107. The van der Waals surface area contributed by atoms with Crippen LogP contribution in [-0.2, 0) is 47.2 Å². The Bertz CT molecular complexity index is 1790. The lowest BCUT2D eigenvalue weighted by atomic mass is 9.95. The Morgan fingerprint density at radius 1 is 1.04 bits per heavy atom. The van der Waals surface area contributed by atoms with E-state index in [0.717, 1.165) is 0 Å². The van der Waals surface area contributed by atoms with Gasteiger partial charge in [-0.15, -0.1) is 0 Å². The molecule has 0 bridgehead atoms. The molecule has 18 heteroatoms. The van der Waals surface area contributed by atoms with E-state index < -0.39 is 80.2 Å². The molecule has 0 amide bonds. The van der Waals surface area contributed by atoms with E-state index in [1.54, 1.807) is 58.0 Å². The minimum Gasteiger partial charge on any atom is -0.456 e. The molecule has 2 saturated heterocycles. The third-order valence-corrected chi connectivity index (χ3v) is 9.46. The number of rotatable bonds is 14. The first-order chi connectivity index (χ1) is 23.8. The number of benzene rings is 1. The molecule has 2 fully saturated rings. The van der Waals surface area contributed by atoms with Crippen molar-refractivity contribution in [2.75, 3.05) is 25.6 Å². The van der Waals surface area contributed by atoms with Crippen molar-refractivity contribution in [2.24, 2.45) is 11.8 Å². The van der Waals surface area contributed by atoms with Gasteiger partial charge in [0.1, 0.15) is 48.5 Å². The zero-order chi connectivity index (χ0) is 36.2. The number of hydrogen-bond donors (Lipinski definition) is 2. The zero-order valence-corrected chi connectivity index (χ0v) is 29.0. The molecule has 3 N–H and O–H groups in total. The number of nitrogens with zero attached hydrogens (tertiary/aromatic N) is 4. The topological polar surface area (TPSA) is 225 Å². The average molecular weight is 715 g/mol. The minimum atomic E-state index is -4.57. The average Bonchev–Trinajstić information content (AvgIpc) is 3.62. The second kappa shape index (κ2) is 15.1. The predicted molar refractivity (Wildman–Crippen MR) is 173 cm³/mol. The van der Waals surface area contributed by atoms with Gasteiger partial charge in [-0.2, -0.15) is 15.4 Å². The Kier molecular flexibility index (Phi) is 11.1. The third-order valence-electron chi connectivity index (χ3n) is 7.84. The van der Waals surface area contributed by atoms with E-state index in [-0.39, 0.29) is 30.5 Å². The molecule has 6 atom stereocenters. The van der Waals surface area contributed by atoms with E-state index >= 15 is 0 Å². The van der Waals surface area contributed by atoms with Crippen molar-refractivity contribution in [1.29, 1.82) is 5.26 Å². The number of fused-ring (bicyclic) bond motifs is 1. The Labute approximate surface area is 287 Å². The number of esters is 3. The molecule has 2 aliphatic rings. The molecule has 0 unspecified atom stereocenters. The van der Waals surface area contributed by atoms with Crippen LogP contribution in [0.2, 0.25) is 0 Å². The lowest BCUT2D eigenvalue weighted by molar-refractivity contribution is -0.174. The largest absolute Gasteiger partial charge is 0.459 e. The number of carbonyl (C=O) groups excluding carboxylic acids is 3.